The Kier molecular flexibility index (Phi) is 3.33. The summed E-state index contributed by atoms with van der Waals surface area (Å²) < 4.78 is 0. The molecule has 2 unspecified atom stereocenters. The lowest BCUT2D eigenvalue weighted by molar-refractivity contribution is -0.122. The first kappa shape index (κ1) is 10.6. The second-order valence-corrected chi connectivity index (χ2v) is 4.72. The van der Waals surface area contributed by atoms with E-state index in [4.69, 9.17) is 0 Å². The molecule has 1 saturated heterocycles. The fourth-order valence-corrected chi connectivity index (χ4v) is 2.40. The Morgan fingerprint density at radius 3 is 3.20 bits per heavy atom. The van der Waals surface area contributed by atoms with Crippen molar-refractivity contribution in [1.29, 1.82) is 0 Å². The molecule has 1 amide bonds. The third kappa shape index (κ3) is 2.76. The standard InChI is InChI=1S/C10H15N3OS/c1-7(10-11-4-5-15-10)13-8-2-3-9(14)12-6-8/h4-5,7-8,13H,2-3,6H2,1H3,(H,12,14). The van der Waals surface area contributed by atoms with Crippen LogP contribution in [0.2, 0.25) is 0 Å². The molecule has 1 aliphatic rings. The van der Waals surface area contributed by atoms with Gasteiger partial charge in [0.15, 0.2) is 0 Å². The lowest BCUT2D eigenvalue weighted by Crippen LogP contribution is -2.46. The third-order valence-corrected chi connectivity index (χ3v) is 3.53. The Morgan fingerprint density at radius 1 is 1.73 bits per heavy atom. The molecule has 1 aliphatic heterocycles. The number of piperidine rings is 1. The van der Waals surface area contributed by atoms with Crippen molar-refractivity contribution in [2.75, 3.05) is 6.54 Å². The highest BCUT2D eigenvalue weighted by Crippen LogP contribution is 2.16. The number of amides is 1. The predicted octanol–water partition coefficient (Wildman–Crippen LogP) is 1.07. The number of carbonyl (C=O) groups excluding carboxylic acids is 1. The van der Waals surface area contributed by atoms with E-state index >= 15 is 0 Å². The Hall–Kier alpha value is -0.940. The van der Waals surface area contributed by atoms with Gasteiger partial charge in [-0.3, -0.25) is 4.79 Å². The molecule has 2 heterocycles. The smallest absolute Gasteiger partial charge is 0.220 e. The molecular weight excluding hydrogens is 210 g/mol. The zero-order chi connectivity index (χ0) is 10.7. The molecule has 0 radical (unpaired) electrons. The zero-order valence-corrected chi connectivity index (χ0v) is 9.51. The minimum atomic E-state index is 0.162. The van der Waals surface area contributed by atoms with E-state index in [1.165, 1.54) is 0 Å². The quantitative estimate of drug-likeness (QED) is 0.809. The van der Waals surface area contributed by atoms with Crippen LogP contribution in [0.25, 0.3) is 0 Å². The van der Waals surface area contributed by atoms with E-state index < -0.39 is 0 Å². The van der Waals surface area contributed by atoms with Crippen LogP contribution in [0.15, 0.2) is 11.6 Å². The molecule has 2 rings (SSSR count). The van der Waals surface area contributed by atoms with E-state index in [0.29, 0.717) is 12.5 Å². The van der Waals surface area contributed by atoms with Crippen molar-refractivity contribution in [1.82, 2.24) is 15.6 Å². The van der Waals surface area contributed by atoms with Gasteiger partial charge in [0.25, 0.3) is 0 Å². The summed E-state index contributed by atoms with van der Waals surface area (Å²) in [7, 11) is 0. The van der Waals surface area contributed by atoms with Crippen LogP contribution < -0.4 is 10.6 Å². The summed E-state index contributed by atoms with van der Waals surface area (Å²) in [6.07, 6.45) is 3.37. The highest BCUT2D eigenvalue weighted by Gasteiger charge is 2.20. The van der Waals surface area contributed by atoms with Crippen LogP contribution >= 0.6 is 11.3 Å². The summed E-state index contributed by atoms with van der Waals surface area (Å²) in [5.41, 5.74) is 0. The molecule has 0 aliphatic carbocycles. The van der Waals surface area contributed by atoms with Crippen molar-refractivity contribution in [3.8, 4) is 0 Å². The van der Waals surface area contributed by atoms with Crippen molar-refractivity contribution in [3.63, 3.8) is 0 Å². The van der Waals surface area contributed by atoms with Crippen molar-refractivity contribution in [3.05, 3.63) is 16.6 Å². The SMILES string of the molecule is CC(NC1CCC(=O)NC1)c1nccs1. The van der Waals surface area contributed by atoms with E-state index in [9.17, 15) is 4.79 Å². The second-order valence-electron chi connectivity index (χ2n) is 3.80. The summed E-state index contributed by atoms with van der Waals surface area (Å²) in [5.74, 6) is 0.162. The third-order valence-electron chi connectivity index (χ3n) is 2.57. The number of carbonyl (C=O) groups is 1. The van der Waals surface area contributed by atoms with Gasteiger partial charge in [-0.1, -0.05) is 0 Å². The number of hydrogen-bond donors (Lipinski definition) is 2. The summed E-state index contributed by atoms with van der Waals surface area (Å²) in [6.45, 7) is 2.84. The Bertz CT molecular complexity index is 315. The van der Waals surface area contributed by atoms with Crippen LogP contribution in [0.1, 0.15) is 30.8 Å². The first-order valence-corrected chi connectivity index (χ1v) is 6.06. The lowest BCUT2D eigenvalue weighted by atomic mass is 10.1. The maximum Gasteiger partial charge on any atom is 0.220 e. The van der Waals surface area contributed by atoms with Crippen molar-refractivity contribution < 1.29 is 4.79 Å². The molecule has 1 fully saturated rings. The Morgan fingerprint density at radius 2 is 2.60 bits per heavy atom. The second kappa shape index (κ2) is 4.72. The van der Waals surface area contributed by atoms with Crippen molar-refractivity contribution in [2.24, 2.45) is 0 Å². The van der Waals surface area contributed by atoms with Gasteiger partial charge < -0.3 is 10.6 Å². The van der Waals surface area contributed by atoms with E-state index in [1.807, 2.05) is 11.6 Å². The highest BCUT2D eigenvalue weighted by molar-refractivity contribution is 7.09. The van der Waals surface area contributed by atoms with E-state index in [2.05, 4.69) is 22.5 Å². The van der Waals surface area contributed by atoms with Crippen LogP contribution in [-0.4, -0.2) is 23.5 Å². The van der Waals surface area contributed by atoms with E-state index in [-0.39, 0.29) is 11.9 Å². The Balaban J connectivity index is 1.84. The van der Waals surface area contributed by atoms with Gasteiger partial charge in [-0.15, -0.1) is 11.3 Å². The molecule has 0 spiro atoms. The highest BCUT2D eigenvalue weighted by atomic mass is 32.1. The number of nitrogens with zero attached hydrogens (tertiary/aromatic N) is 1. The largest absolute Gasteiger partial charge is 0.355 e. The molecule has 4 nitrogen and oxygen atoms in total. The fraction of sp³-hybridized carbons (Fsp3) is 0.600. The van der Waals surface area contributed by atoms with E-state index in [1.54, 1.807) is 11.3 Å². The van der Waals surface area contributed by atoms with Gasteiger partial charge in [-0.25, -0.2) is 4.98 Å². The van der Waals surface area contributed by atoms with Gasteiger partial charge in [-0.2, -0.15) is 0 Å². The molecule has 0 aromatic carbocycles. The van der Waals surface area contributed by atoms with Gasteiger partial charge in [-0.05, 0) is 13.3 Å². The molecule has 2 atom stereocenters. The molecule has 15 heavy (non-hydrogen) atoms. The maximum atomic E-state index is 11.0. The molecule has 1 aromatic rings. The molecule has 0 bridgehead atoms. The molecule has 82 valence electrons. The number of hydrogen-bond acceptors (Lipinski definition) is 4. The van der Waals surface area contributed by atoms with Gasteiger partial charge in [0.05, 0.1) is 6.04 Å². The maximum absolute atomic E-state index is 11.0. The molecular formula is C10H15N3OS. The van der Waals surface area contributed by atoms with Gasteiger partial charge in [0, 0.05) is 30.6 Å². The Labute approximate surface area is 93.1 Å². The monoisotopic (exact) mass is 225 g/mol. The van der Waals surface area contributed by atoms with Gasteiger partial charge in [0.2, 0.25) is 5.91 Å². The summed E-state index contributed by atoms with van der Waals surface area (Å²) >= 11 is 1.66. The van der Waals surface area contributed by atoms with Crippen molar-refractivity contribution >= 4 is 17.2 Å². The summed E-state index contributed by atoms with van der Waals surface area (Å²) in [4.78, 5) is 15.2. The number of nitrogens with one attached hydrogen (secondary N) is 2. The summed E-state index contributed by atoms with van der Waals surface area (Å²) in [5, 5.41) is 9.43. The lowest BCUT2D eigenvalue weighted by Gasteiger charge is -2.26. The minimum absolute atomic E-state index is 0.162. The van der Waals surface area contributed by atoms with Crippen LogP contribution in [0, 0.1) is 0 Å². The number of thiazole rings is 1. The molecule has 1 aromatic heterocycles. The summed E-state index contributed by atoms with van der Waals surface area (Å²) in [6, 6.07) is 0.645. The van der Waals surface area contributed by atoms with Gasteiger partial charge >= 0.3 is 0 Å². The number of aromatic nitrogens is 1. The average Bonchev–Trinajstić information content (AvgIpc) is 2.74. The number of rotatable bonds is 3. The van der Waals surface area contributed by atoms with Crippen molar-refractivity contribution in [2.45, 2.75) is 31.8 Å². The zero-order valence-electron chi connectivity index (χ0n) is 8.69. The van der Waals surface area contributed by atoms with Crippen LogP contribution in [-0.2, 0) is 4.79 Å². The average molecular weight is 225 g/mol. The molecule has 0 saturated carbocycles. The van der Waals surface area contributed by atoms with Crippen LogP contribution in [0.4, 0.5) is 0 Å². The first-order valence-electron chi connectivity index (χ1n) is 5.18. The first-order chi connectivity index (χ1) is 7.25. The fourth-order valence-electron chi connectivity index (χ4n) is 1.75. The van der Waals surface area contributed by atoms with Crippen LogP contribution in [0.5, 0.6) is 0 Å². The normalized spacial score (nSPS) is 23.5. The van der Waals surface area contributed by atoms with E-state index in [0.717, 1.165) is 18.0 Å². The topological polar surface area (TPSA) is 54.0 Å². The molecule has 2 N–H and O–H groups in total. The van der Waals surface area contributed by atoms with Gasteiger partial charge in [0.1, 0.15) is 5.01 Å². The minimum Gasteiger partial charge on any atom is -0.355 e. The van der Waals surface area contributed by atoms with Crippen LogP contribution in [0.3, 0.4) is 0 Å². The molecule has 5 heteroatoms. The predicted molar refractivity (Wildman–Crippen MR) is 59.7 cm³/mol.